The van der Waals surface area contributed by atoms with Crippen molar-refractivity contribution in [1.29, 1.82) is 0 Å². The van der Waals surface area contributed by atoms with Crippen molar-refractivity contribution in [3.05, 3.63) is 18.0 Å². The lowest BCUT2D eigenvalue weighted by molar-refractivity contribution is 0.151. The van der Waals surface area contributed by atoms with E-state index in [0.29, 0.717) is 0 Å². The van der Waals surface area contributed by atoms with Gasteiger partial charge in [-0.15, -0.1) is 0 Å². The van der Waals surface area contributed by atoms with Gasteiger partial charge in [0.2, 0.25) is 0 Å². The minimum atomic E-state index is -0.143. The molecule has 1 rings (SSSR count). The summed E-state index contributed by atoms with van der Waals surface area (Å²) in [4.78, 5) is 0. The maximum atomic E-state index is 9.93. The van der Waals surface area contributed by atoms with Gasteiger partial charge in [0.05, 0.1) is 12.3 Å². The molecule has 1 atom stereocenters. The molecule has 1 aromatic heterocycles. The molecule has 0 saturated heterocycles. The summed E-state index contributed by atoms with van der Waals surface area (Å²) in [6.45, 7) is 2.25. The largest absolute Gasteiger partial charge is 0.393 e. The Morgan fingerprint density at radius 1 is 1.11 bits per heavy atom. The molecule has 1 aromatic rings. The quantitative estimate of drug-likeness (QED) is 0.618. The Morgan fingerprint density at radius 3 is 2.42 bits per heavy atom. The van der Waals surface area contributed by atoms with Crippen molar-refractivity contribution in [3.63, 3.8) is 0 Å². The molecule has 0 aliphatic heterocycles. The van der Waals surface area contributed by atoms with Crippen molar-refractivity contribution in [1.82, 2.24) is 9.78 Å². The van der Waals surface area contributed by atoms with Crippen LogP contribution in [0, 0.1) is 0 Å². The first-order valence-corrected chi connectivity index (χ1v) is 7.88. The Kier molecular flexibility index (Phi) is 8.55. The predicted octanol–water partition coefficient (Wildman–Crippen LogP) is 3.85. The second-order valence-electron chi connectivity index (χ2n) is 5.62. The average Bonchev–Trinajstić information content (AvgIpc) is 2.81. The van der Waals surface area contributed by atoms with Crippen LogP contribution >= 0.6 is 0 Å². The molecule has 19 heavy (non-hydrogen) atoms. The smallest absolute Gasteiger partial charge is 0.0543 e. The third-order valence-corrected chi connectivity index (χ3v) is 3.67. The monoisotopic (exact) mass is 266 g/mol. The molecule has 0 amide bonds. The number of aryl methyl sites for hydroxylation is 2. The van der Waals surface area contributed by atoms with Gasteiger partial charge in [0, 0.05) is 13.2 Å². The van der Waals surface area contributed by atoms with Gasteiger partial charge in [0.25, 0.3) is 0 Å². The number of aromatic nitrogens is 2. The lowest BCUT2D eigenvalue weighted by atomic mass is 10.0. The summed E-state index contributed by atoms with van der Waals surface area (Å²) >= 11 is 0. The highest BCUT2D eigenvalue weighted by atomic mass is 16.3. The van der Waals surface area contributed by atoms with Crippen molar-refractivity contribution in [3.8, 4) is 0 Å². The number of aliphatic hydroxyl groups is 1. The van der Waals surface area contributed by atoms with Crippen LogP contribution in [0.5, 0.6) is 0 Å². The molecule has 0 fully saturated rings. The van der Waals surface area contributed by atoms with Gasteiger partial charge in [-0.25, -0.2) is 0 Å². The number of unbranched alkanes of at least 4 members (excludes halogenated alkanes) is 6. The van der Waals surface area contributed by atoms with Crippen LogP contribution in [0.2, 0.25) is 0 Å². The molecular weight excluding hydrogens is 236 g/mol. The fourth-order valence-corrected chi connectivity index (χ4v) is 2.42. The zero-order valence-corrected chi connectivity index (χ0v) is 12.6. The van der Waals surface area contributed by atoms with Gasteiger partial charge >= 0.3 is 0 Å². The molecule has 1 heterocycles. The summed E-state index contributed by atoms with van der Waals surface area (Å²) in [7, 11) is 1.93. The fraction of sp³-hybridized carbons (Fsp3) is 0.812. The Balaban J connectivity index is 1.94. The van der Waals surface area contributed by atoms with Gasteiger partial charge in [0.1, 0.15) is 0 Å². The summed E-state index contributed by atoms with van der Waals surface area (Å²) in [5.74, 6) is 0. The van der Waals surface area contributed by atoms with E-state index in [9.17, 15) is 5.11 Å². The van der Waals surface area contributed by atoms with Gasteiger partial charge in [-0.1, -0.05) is 51.9 Å². The van der Waals surface area contributed by atoms with Gasteiger partial charge in [0.15, 0.2) is 0 Å². The molecule has 1 unspecified atom stereocenters. The van der Waals surface area contributed by atoms with Crippen LogP contribution in [-0.4, -0.2) is 21.0 Å². The molecule has 0 saturated carbocycles. The van der Waals surface area contributed by atoms with Crippen LogP contribution in [0.15, 0.2) is 12.4 Å². The van der Waals surface area contributed by atoms with Crippen molar-refractivity contribution in [2.24, 2.45) is 7.05 Å². The van der Waals surface area contributed by atoms with Gasteiger partial charge in [-0.3, -0.25) is 4.68 Å². The molecule has 3 heteroatoms. The van der Waals surface area contributed by atoms with E-state index >= 15 is 0 Å². The van der Waals surface area contributed by atoms with Crippen molar-refractivity contribution in [2.75, 3.05) is 0 Å². The number of nitrogens with zero attached hydrogens (tertiary/aromatic N) is 2. The Bertz CT molecular complexity index is 322. The van der Waals surface area contributed by atoms with Crippen molar-refractivity contribution >= 4 is 0 Å². The summed E-state index contributed by atoms with van der Waals surface area (Å²) in [5.41, 5.74) is 1.22. The molecule has 0 radical (unpaired) electrons. The molecular formula is C16H30N2O. The fourth-order valence-electron chi connectivity index (χ4n) is 2.42. The SMILES string of the molecule is CCCCCCCCCC(O)CCc1cnn(C)c1. The molecule has 0 aliphatic rings. The number of rotatable bonds is 11. The summed E-state index contributed by atoms with van der Waals surface area (Å²) in [6, 6.07) is 0. The minimum Gasteiger partial charge on any atom is -0.393 e. The predicted molar refractivity (Wildman–Crippen MR) is 80.1 cm³/mol. The maximum absolute atomic E-state index is 9.93. The van der Waals surface area contributed by atoms with E-state index < -0.39 is 0 Å². The van der Waals surface area contributed by atoms with Crippen LogP contribution in [0.1, 0.15) is 70.3 Å². The van der Waals surface area contributed by atoms with E-state index in [4.69, 9.17) is 0 Å². The highest BCUT2D eigenvalue weighted by Crippen LogP contribution is 2.12. The van der Waals surface area contributed by atoms with E-state index in [1.54, 1.807) is 0 Å². The van der Waals surface area contributed by atoms with Crippen LogP contribution < -0.4 is 0 Å². The van der Waals surface area contributed by atoms with Crippen molar-refractivity contribution in [2.45, 2.75) is 77.2 Å². The third kappa shape index (κ3) is 8.04. The first kappa shape index (κ1) is 16.2. The highest BCUT2D eigenvalue weighted by molar-refractivity contribution is 5.03. The average molecular weight is 266 g/mol. The van der Waals surface area contributed by atoms with Crippen LogP contribution in [0.4, 0.5) is 0 Å². The molecule has 110 valence electrons. The first-order chi connectivity index (χ1) is 9.22. The lowest BCUT2D eigenvalue weighted by Gasteiger charge is -2.09. The lowest BCUT2D eigenvalue weighted by Crippen LogP contribution is -2.07. The van der Waals surface area contributed by atoms with Gasteiger partial charge < -0.3 is 5.11 Å². The Labute approximate surface area is 118 Å². The van der Waals surface area contributed by atoms with Crippen molar-refractivity contribution < 1.29 is 5.11 Å². The first-order valence-electron chi connectivity index (χ1n) is 7.88. The Morgan fingerprint density at radius 2 is 1.79 bits per heavy atom. The molecule has 0 aliphatic carbocycles. The molecule has 0 aromatic carbocycles. The third-order valence-electron chi connectivity index (χ3n) is 3.67. The zero-order valence-electron chi connectivity index (χ0n) is 12.6. The highest BCUT2D eigenvalue weighted by Gasteiger charge is 2.05. The Hall–Kier alpha value is -0.830. The molecule has 0 bridgehead atoms. The van der Waals surface area contributed by atoms with Crippen LogP contribution in [-0.2, 0) is 13.5 Å². The van der Waals surface area contributed by atoms with E-state index in [1.807, 2.05) is 24.1 Å². The normalized spacial score (nSPS) is 12.8. The van der Waals surface area contributed by atoms with Gasteiger partial charge in [-0.05, 0) is 24.8 Å². The van der Waals surface area contributed by atoms with Gasteiger partial charge in [-0.2, -0.15) is 5.10 Å². The summed E-state index contributed by atoms with van der Waals surface area (Å²) in [5, 5.41) is 14.1. The van der Waals surface area contributed by atoms with Crippen LogP contribution in [0.25, 0.3) is 0 Å². The second kappa shape index (κ2) is 10.0. The molecule has 0 spiro atoms. The van der Waals surface area contributed by atoms with E-state index in [2.05, 4.69) is 12.0 Å². The molecule has 1 N–H and O–H groups in total. The van der Waals surface area contributed by atoms with Crippen LogP contribution in [0.3, 0.4) is 0 Å². The second-order valence-corrected chi connectivity index (χ2v) is 5.62. The summed E-state index contributed by atoms with van der Waals surface area (Å²) < 4.78 is 1.82. The maximum Gasteiger partial charge on any atom is 0.0543 e. The zero-order chi connectivity index (χ0) is 13.9. The summed E-state index contributed by atoms with van der Waals surface area (Å²) in [6.07, 6.45) is 15.7. The molecule has 3 nitrogen and oxygen atoms in total. The topological polar surface area (TPSA) is 38.1 Å². The van der Waals surface area contributed by atoms with E-state index in [-0.39, 0.29) is 6.10 Å². The standard InChI is InChI=1S/C16H30N2O/c1-3-4-5-6-7-8-9-10-16(19)12-11-15-13-17-18(2)14-15/h13-14,16,19H,3-12H2,1-2H3. The number of hydrogen-bond acceptors (Lipinski definition) is 2. The number of aliphatic hydroxyl groups excluding tert-OH is 1. The number of hydrogen-bond donors (Lipinski definition) is 1. The van der Waals surface area contributed by atoms with E-state index in [1.165, 1.54) is 50.5 Å². The van der Waals surface area contributed by atoms with E-state index in [0.717, 1.165) is 19.3 Å². The minimum absolute atomic E-state index is 0.143.